The van der Waals surface area contributed by atoms with E-state index in [4.69, 9.17) is 19.2 Å². The molecule has 0 heterocycles. The van der Waals surface area contributed by atoms with Gasteiger partial charge in [-0.25, -0.2) is 4.99 Å². The number of nitrogens with zero attached hydrogens (tertiary/aromatic N) is 2. The van der Waals surface area contributed by atoms with Crippen LogP contribution in [0.1, 0.15) is 37.8 Å². The van der Waals surface area contributed by atoms with Crippen LogP contribution in [0.4, 0.5) is 0 Å². The van der Waals surface area contributed by atoms with Gasteiger partial charge in [-0.3, -0.25) is 4.90 Å². The molecule has 0 unspecified atom stereocenters. The maximum atomic E-state index is 5.94. The second-order valence-electron chi connectivity index (χ2n) is 7.54. The zero-order valence-corrected chi connectivity index (χ0v) is 21.9. The Balaban J connectivity index is 0.00000480. The fraction of sp³-hybridized carbons (Fsp3) is 0.696. The summed E-state index contributed by atoms with van der Waals surface area (Å²) >= 11 is 0. The number of benzene rings is 1. The molecule has 1 fully saturated rings. The number of nitrogens with one attached hydrogen (secondary N) is 2. The molecule has 8 heteroatoms. The van der Waals surface area contributed by atoms with Gasteiger partial charge in [0.1, 0.15) is 12.4 Å². The van der Waals surface area contributed by atoms with E-state index < -0.39 is 0 Å². The summed E-state index contributed by atoms with van der Waals surface area (Å²) < 4.78 is 16.6. The van der Waals surface area contributed by atoms with E-state index in [1.807, 2.05) is 6.92 Å². The third-order valence-corrected chi connectivity index (χ3v) is 5.00. The first-order valence-corrected chi connectivity index (χ1v) is 11.2. The van der Waals surface area contributed by atoms with Crippen LogP contribution in [-0.2, 0) is 16.0 Å². The van der Waals surface area contributed by atoms with Crippen molar-refractivity contribution in [2.24, 2.45) is 4.99 Å². The molecule has 1 aromatic carbocycles. The zero-order valence-electron chi connectivity index (χ0n) is 19.6. The number of aliphatic imine (C=N–C) groups is 1. The molecule has 7 nitrogen and oxygen atoms in total. The van der Waals surface area contributed by atoms with Gasteiger partial charge in [0, 0.05) is 51.5 Å². The summed E-state index contributed by atoms with van der Waals surface area (Å²) in [6.45, 7) is 13.0. The molecule has 0 aromatic heterocycles. The van der Waals surface area contributed by atoms with Crippen molar-refractivity contribution in [3.8, 4) is 5.75 Å². The van der Waals surface area contributed by atoms with Crippen LogP contribution in [0.15, 0.2) is 23.2 Å². The molecule has 1 saturated carbocycles. The molecule has 0 bridgehead atoms. The lowest BCUT2D eigenvalue weighted by Crippen LogP contribution is -2.42. The molecule has 0 aliphatic heterocycles. The molecule has 0 atom stereocenters. The maximum absolute atomic E-state index is 5.94. The van der Waals surface area contributed by atoms with Gasteiger partial charge in [-0.2, -0.15) is 0 Å². The predicted molar refractivity (Wildman–Crippen MR) is 138 cm³/mol. The Morgan fingerprint density at radius 3 is 2.61 bits per heavy atom. The van der Waals surface area contributed by atoms with E-state index >= 15 is 0 Å². The molecule has 0 saturated heterocycles. The molecule has 2 rings (SSSR count). The number of rotatable bonds is 15. The topological polar surface area (TPSA) is 67.4 Å². The lowest BCUT2D eigenvalue weighted by atomic mass is 10.1. The summed E-state index contributed by atoms with van der Waals surface area (Å²) in [7, 11) is 1.76. The van der Waals surface area contributed by atoms with E-state index in [9.17, 15) is 0 Å². The summed E-state index contributed by atoms with van der Waals surface area (Å²) in [6.07, 6.45) is 2.61. The second-order valence-corrected chi connectivity index (χ2v) is 7.54. The van der Waals surface area contributed by atoms with E-state index in [1.165, 1.54) is 18.4 Å². The number of hydrogen-bond acceptors (Lipinski definition) is 5. The van der Waals surface area contributed by atoms with Crippen molar-refractivity contribution < 1.29 is 14.2 Å². The van der Waals surface area contributed by atoms with E-state index in [0.29, 0.717) is 26.4 Å². The molecule has 1 aromatic rings. The summed E-state index contributed by atoms with van der Waals surface area (Å²) in [5.74, 6) is 1.72. The third-order valence-electron chi connectivity index (χ3n) is 5.00. The van der Waals surface area contributed by atoms with Crippen LogP contribution in [0.5, 0.6) is 5.75 Å². The van der Waals surface area contributed by atoms with Gasteiger partial charge in [0.15, 0.2) is 5.96 Å². The summed E-state index contributed by atoms with van der Waals surface area (Å²) in [5, 5.41) is 6.81. The molecule has 0 spiro atoms. The molecule has 2 N–H and O–H groups in total. The van der Waals surface area contributed by atoms with Crippen LogP contribution in [-0.4, -0.2) is 76.6 Å². The quantitative estimate of drug-likeness (QED) is 0.152. The third kappa shape index (κ3) is 11.4. The van der Waals surface area contributed by atoms with Crippen molar-refractivity contribution in [2.75, 3.05) is 59.7 Å². The van der Waals surface area contributed by atoms with E-state index in [1.54, 1.807) is 7.11 Å². The Bertz CT molecular complexity index is 641. The minimum atomic E-state index is 0. The van der Waals surface area contributed by atoms with Crippen LogP contribution < -0.4 is 15.4 Å². The lowest BCUT2D eigenvalue weighted by Gasteiger charge is -2.22. The van der Waals surface area contributed by atoms with Gasteiger partial charge < -0.3 is 24.8 Å². The first-order chi connectivity index (χ1) is 14.7. The first-order valence-electron chi connectivity index (χ1n) is 11.2. The zero-order chi connectivity index (χ0) is 21.6. The normalized spacial score (nSPS) is 13.8. The molecule has 0 radical (unpaired) electrons. The summed E-state index contributed by atoms with van der Waals surface area (Å²) in [4.78, 5) is 7.28. The number of methoxy groups -OCH3 is 1. The number of aryl methyl sites for hydroxylation is 1. The Kier molecular flexibility index (Phi) is 14.9. The molecular formula is C23H41IN4O3. The summed E-state index contributed by atoms with van der Waals surface area (Å²) in [6, 6.07) is 6.99. The van der Waals surface area contributed by atoms with Gasteiger partial charge in [0.25, 0.3) is 0 Å². The highest BCUT2D eigenvalue weighted by Crippen LogP contribution is 2.26. The number of hydrogen-bond donors (Lipinski definition) is 2. The van der Waals surface area contributed by atoms with Gasteiger partial charge in [0.05, 0.1) is 19.8 Å². The Labute approximate surface area is 205 Å². The molecule has 31 heavy (non-hydrogen) atoms. The van der Waals surface area contributed by atoms with Crippen LogP contribution in [0.2, 0.25) is 0 Å². The van der Waals surface area contributed by atoms with Crippen LogP contribution in [0.25, 0.3) is 0 Å². The Morgan fingerprint density at radius 2 is 1.94 bits per heavy atom. The van der Waals surface area contributed by atoms with E-state index in [0.717, 1.165) is 56.1 Å². The highest BCUT2D eigenvalue weighted by molar-refractivity contribution is 14.0. The van der Waals surface area contributed by atoms with E-state index in [2.05, 4.69) is 47.6 Å². The molecule has 1 aliphatic carbocycles. The average Bonchev–Trinajstić information content (AvgIpc) is 3.58. The fourth-order valence-corrected chi connectivity index (χ4v) is 3.23. The summed E-state index contributed by atoms with van der Waals surface area (Å²) in [5.41, 5.74) is 2.25. The molecule has 0 amide bonds. The largest absolute Gasteiger partial charge is 0.491 e. The fourth-order valence-electron chi connectivity index (χ4n) is 3.23. The maximum Gasteiger partial charge on any atom is 0.191 e. The van der Waals surface area contributed by atoms with Crippen molar-refractivity contribution in [1.82, 2.24) is 15.5 Å². The van der Waals surface area contributed by atoms with Crippen molar-refractivity contribution >= 4 is 29.9 Å². The standard InChI is InChI=1S/C23H40N4O3.HI/c1-5-24-23(25-11-12-27(13-14-28-4)21-9-10-21)26-18-20-8-7-19(3)17-22(20)30-16-15-29-6-2;/h7-8,17,21H,5-6,9-16,18H2,1-4H3,(H2,24,25,26);1H. The van der Waals surface area contributed by atoms with Gasteiger partial charge in [-0.15, -0.1) is 24.0 Å². The minimum Gasteiger partial charge on any atom is -0.491 e. The Hall–Kier alpha value is -1.10. The highest BCUT2D eigenvalue weighted by atomic mass is 127. The van der Waals surface area contributed by atoms with Crippen molar-refractivity contribution in [3.63, 3.8) is 0 Å². The number of ether oxygens (including phenoxy) is 3. The predicted octanol–water partition coefficient (Wildman–Crippen LogP) is 3.19. The van der Waals surface area contributed by atoms with Gasteiger partial charge in [-0.05, 0) is 45.2 Å². The van der Waals surface area contributed by atoms with Crippen LogP contribution in [0, 0.1) is 6.92 Å². The van der Waals surface area contributed by atoms with Crippen LogP contribution >= 0.6 is 24.0 Å². The monoisotopic (exact) mass is 548 g/mol. The molecule has 1 aliphatic rings. The van der Waals surface area contributed by atoms with Gasteiger partial charge in [-0.1, -0.05) is 12.1 Å². The van der Waals surface area contributed by atoms with Gasteiger partial charge in [0.2, 0.25) is 0 Å². The molecule has 178 valence electrons. The highest BCUT2D eigenvalue weighted by Gasteiger charge is 2.28. The first kappa shape index (κ1) is 27.9. The average molecular weight is 549 g/mol. The molecular weight excluding hydrogens is 507 g/mol. The minimum absolute atomic E-state index is 0. The van der Waals surface area contributed by atoms with Crippen LogP contribution in [0.3, 0.4) is 0 Å². The van der Waals surface area contributed by atoms with Crippen molar-refractivity contribution in [1.29, 1.82) is 0 Å². The lowest BCUT2D eigenvalue weighted by molar-refractivity contribution is 0.110. The Morgan fingerprint density at radius 1 is 1.13 bits per heavy atom. The van der Waals surface area contributed by atoms with Crippen molar-refractivity contribution in [2.45, 2.75) is 46.2 Å². The SMILES string of the molecule is CCNC(=NCc1ccc(C)cc1OCCOCC)NCCN(CCOC)C1CC1.I. The second kappa shape index (κ2) is 16.5. The van der Waals surface area contributed by atoms with Gasteiger partial charge >= 0.3 is 0 Å². The smallest absolute Gasteiger partial charge is 0.191 e. The van der Waals surface area contributed by atoms with E-state index in [-0.39, 0.29) is 24.0 Å². The number of guanidine groups is 1. The van der Waals surface area contributed by atoms with Crippen molar-refractivity contribution in [3.05, 3.63) is 29.3 Å². The number of halogens is 1.